The highest BCUT2D eigenvalue weighted by Crippen LogP contribution is 2.09. The predicted molar refractivity (Wildman–Crippen MR) is 64.7 cm³/mol. The average molecular weight is 223 g/mol. The van der Waals surface area contributed by atoms with Gasteiger partial charge in [0.05, 0.1) is 5.84 Å². The summed E-state index contributed by atoms with van der Waals surface area (Å²) >= 11 is 5.81. The number of nitrogens with zero attached hydrogens (tertiary/aromatic N) is 1. The highest BCUT2D eigenvalue weighted by atomic mass is 35.5. The van der Waals surface area contributed by atoms with Crippen LogP contribution in [0.1, 0.15) is 18.4 Å². The largest absolute Gasteiger partial charge is 0.374 e. The second-order valence-electron chi connectivity index (χ2n) is 3.74. The highest BCUT2D eigenvalue weighted by Gasteiger charge is 2.04. The molecule has 0 saturated carbocycles. The predicted octanol–water partition coefficient (Wildman–Crippen LogP) is 2.66. The van der Waals surface area contributed by atoms with Crippen LogP contribution in [-0.4, -0.2) is 18.9 Å². The fourth-order valence-corrected chi connectivity index (χ4v) is 1.81. The third-order valence-corrected chi connectivity index (χ3v) is 2.78. The molecule has 1 aromatic carbocycles. The van der Waals surface area contributed by atoms with E-state index in [2.05, 4.69) is 22.4 Å². The van der Waals surface area contributed by atoms with Gasteiger partial charge < -0.3 is 5.32 Å². The van der Waals surface area contributed by atoms with E-state index in [1.165, 1.54) is 17.8 Å². The van der Waals surface area contributed by atoms with Crippen molar-refractivity contribution in [1.82, 2.24) is 5.32 Å². The number of hydrogen-bond acceptors (Lipinski definition) is 2. The Bertz CT molecular complexity index is 343. The van der Waals surface area contributed by atoms with Gasteiger partial charge in [-0.2, -0.15) is 0 Å². The topological polar surface area (TPSA) is 24.4 Å². The molecule has 0 aromatic heterocycles. The first-order valence-corrected chi connectivity index (χ1v) is 5.74. The van der Waals surface area contributed by atoms with Gasteiger partial charge in [0.25, 0.3) is 0 Å². The van der Waals surface area contributed by atoms with Crippen LogP contribution < -0.4 is 5.32 Å². The monoisotopic (exact) mass is 222 g/mol. The zero-order valence-electron chi connectivity index (χ0n) is 8.67. The number of amidine groups is 1. The summed E-state index contributed by atoms with van der Waals surface area (Å²) in [7, 11) is 0. The van der Waals surface area contributed by atoms with Crippen molar-refractivity contribution in [2.75, 3.05) is 13.1 Å². The van der Waals surface area contributed by atoms with Gasteiger partial charge in [-0.1, -0.05) is 23.7 Å². The lowest BCUT2D eigenvalue weighted by Crippen LogP contribution is -2.23. The van der Waals surface area contributed by atoms with E-state index in [1.54, 1.807) is 0 Å². The lowest BCUT2D eigenvalue weighted by atomic mass is 10.1. The van der Waals surface area contributed by atoms with Crippen molar-refractivity contribution in [1.29, 1.82) is 0 Å². The Morgan fingerprint density at radius 2 is 2.07 bits per heavy atom. The van der Waals surface area contributed by atoms with Gasteiger partial charge in [-0.05, 0) is 30.5 Å². The second kappa shape index (κ2) is 5.17. The van der Waals surface area contributed by atoms with Crippen LogP contribution in [0.3, 0.4) is 0 Å². The quantitative estimate of drug-likeness (QED) is 0.836. The Kier molecular flexibility index (Phi) is 3.62. The number of nitrogens with one attached hydrogen (secondary N) is 1. The molecule has 0 radical (unpaired) electrons. The summed E-state index contributed by atoms with van der Waals surface area (Å²) in [5.41, 5.74) is 1.31. The van der Waals surface area contributed by atoms with Gasteiger partial charge in [0.1, 0.15) is 0 Å². The molecule has 0 saturated heterocycles. The molecule has 1 heterocycles. The standard InChI is InChI=1S/C12H15ClN2/c13-11-5-3-10(4-6-11)7-9-15-12-2-1-8-14-12/h3-6H,1-2,7-9H2,(H,14,15). The molecule has 1 aliphatic rings. The van der Waals surface area contributed by atoms with Crippen molar-refractivity contribution >= 4 is 17.4 Å². The lowest BCUT2D eigenvalue weighted by Gasteiger charge is -2.05. The second-order valence-corrected chi connectivity index (χ2v) is 4.17. The zero-order valence-corrected chi connectivity index (χ0v) is 9.43. The molecule has 0 unspecified atom stereocenters. The van der Waals surface area contributed by atoms with E-state index >= 15 is 0 Å². The number of aliphatic imine (C=N–C) groups is 1. The lowest BCUT2D eigenvalue weighted by molar-refractivity contribution is 0.851. The third-order valence-electron chi connectivity index (χ3n) is 2.53. The summed E-state index contributed by atoms with van der Waals surface area (Å²) in [6.07, 6.45) is 3.33. The van der Waals surface area contributed by atoms with Gasteiger partial charge in [-0.15, -0.1) is 0 Å². The summed E-state index contributed by atoms with van der Waals surface area (Å²) in [4.78, 5) is 4.37. The smallest absolute Gasteiger partial charge is 0.0963 e. The van der Waals surface area contributed by atoms with Crippen molar-refractivity contribution in [2.45, 2.75) is 19.3 Å². The molecule has 3 heteroatoms. The molecule has 1 aliphatic heterocycles. The van der Waals surface area contributed by atoms with Crippen molar-refractivity contribution in [3.63, 3.8) is 0 Å². The zero-order chi connectivity index (χ0) is 10.5. The summed E-state index contributed by atoms with van der Waals surface area (Å²) in [5.74, 6) is 1.17. The summed E-state index contributed by atoms with van der Waals surface area (Å²) in [6, 6.07) is 8.01. The van der Waals surface area contributed by atoms with E-state index < -0.39 is 0 Å². The summed E-state index contributed by atoms with van der Waals surface area (Å²) in [6.45, 7) is 1.95. The molecule has 80 valence electrons. The van der Waals surface area contributed by atoms with Gasteiger partial charge >= 0.3 is 0 Å². The Labute approximate surface area is 95.4 Å². The highest BCUT2D eigenvalue weighted by molar-refractivity contribution is 6.30. The SMILES string of the molecule is Clc1ccc(CCNC2=NCCC2)cc1. The van der Waals surface area contributed by atoms with Gasteiger partial charge in [0, 0.05) is 24.5 Å². The molecule has 2 nitrogen and oxygen atoms in total. The molecule has 0 amide bonds. The fraction of sp³-hybridized carbons (Fsp3) is 0.417. The average Bonchev–Trinajstić information content (AvgIpc) is 2.74. The van der Waals surface area contributed by atoms with Crippen LogP contribution in [0.2, 0.25) is 5.02 Å². The van der Waals surface area contributed by atoms with Gasteiger partial charge in [0.2, 0.25) is 0 Å². The molecule has 2 rings (SSSR count). The van der Waals surface area contributed by atoms with E-state index in [9.17, 15) is 0 Å². The normalized spacial score (nSPS) is 15.1. The van der Waals surface area contributed by atoms with E-state index in [1.807, 2.05) is 12.1 Å². The van der Waals surface area contributed by atoms with Crippen LogP contribution in [0.4, 0.5) is 0 Å². The Morgan fingerprint density at radius 1 is 1.27 bits per heavy atom. The molecule has 0 fully saturated rings. The Hall–Kier alpha value is -1.02. The number of halogens is 1. The molecular formula is C12H15ClN2. The van der Waals surface area contributed by atoms with E-state index in [0.717, 1.165) is 31.0 Å². The number of rotatable bonds is 3. The number of hydrogen-bond donors (Lipinski definition) is 1. The molecule has 15 heavy (non-hydrogen) atoms. The Morgan fingerprint density at radius 3 is 2.73 bits per heavy atom. The molecule has 1 N–H and O–H groups in total. The molecule has 0 bridgehead atoms. The van der Waals surface area contributed by atoms with Crippen LogP contribution in [0, 0.1) is 0 Å². The van der Waals surface area contributed by atoms with Crippen molar-refractivity contribution in [3.8, 4) is 0 Å². The van der Waals surface area contributed by atoms with Crippen molar-refractivity contribution in [2.24, 2.45) is 4.99 Å². The first-order valence-electron chi connectivity index (χ1n) is 5.36. The number of benzene rings is 1. The summed E-state index contributed by atoms with van der Waals surface area (Å²) in [5, 5.41) is 4.16. The van der Waals surface area contributed by atoms with Gasteiger partial charge in [-0.3, -0.25) is 4.99 Å². The fourth-order valence-electron chi connectivity index (χ4n) is 1.69. The molecule has 0 spiro atoms. The minimum absolute atomic E-state index is 0.798. The molecule has 1 aromatic rings. The van der Waals surface area contributed by atoms with Crippen LogP contribution >= 0.6 is 11.6 Å². The molecule has 0 aliphatic carbocycles. The molecular weight excluding hydrogens is 208 g/mol. The van der Waals surface area contributed by atoms with E-state index in [-0.39, 0.29) is 0 Å². The summed E-state index contributed by atoms with van der Waals surface area (Å²) < 4.78 is 0. The van der Waals surface area contributed by atoms with Crippen molar-refractivity contribution < 1.29 is 0 Å². The van der Waals surface area contributed by atoms with Crippen LogP contribution in [0.25, 0.3) is 0 Å². The minimum atomic E-state index is 0.798. The maximum absolute atomic E-state index is 5.81. The minimum Gasteiger partial charge on any atom is -0.374 e. The first kappa shape index (κ1) is 10.5. The third kappa shape index (κ3) is 3.24. The maximum Gasteiger partial charge on any atom is 0.0963 e. The van der Waals surface area contributed by atoms with Crippen LogP contribution in [-0.2, 0) is 6.42 Å². The first-order chi connectivity index (χ1) is 7.34. The van der Waals surface area contributed by atoms with Crippen LogP contribution in [0.15, 0.2) is 29.3 Å². The van der Waals surface area contributed by atoms with E-state index in [0.29, 0.717) is 0 Å². The van der Waals surface area contributed by atoms with Gasteiger partial charge in [-0.25, -0.2) is 0 Å². The van der Waals surface area contributed by atoms with E-state index in [4.69, 9.17) is 11.6 Å². The molecule has 0 atom stereocenters. The van der Waals surface area contributed by atoms with Crippen molar-refractivity contribution in [3.05, 3.63) is 34.9 Å². The van der Waals surface area contributed by atoms with Crippen LogP contribution in [0.5, 0.6) is 0 Å². The maximum atomic E-state index is 5.81. The Balaban J connectivity index is 1.75. The van der Waals surface area contributed by atoms with Gasteiger partial charge in [0.15, 0.2) is 0 Å².